The molecule has 1 rings (SSSR count). The molecule has 0 heterocycles. The van der Waals surface area contributed by atoms with Gasteiger partial charge in [0.2, 0.25) is 0 Å². The van der Waals surface area contributed by atoms with Crippen molar-refractivity contribution in [3.63, 3.8) is 0 Å². The zero-order chi connectivity index (χ0) is 12.7. The van der Waals surface area contributed by atoms with Gasteiger partial charge in [-0.15, -0.1) is 0 Å². The van der Waals surface area contributed by atoms with Crippen LogP contribution in [0.15, 0.2) is 30.3 Å². The zero-order valence-electron chi connectivity index (χ0n) is 11.3. The van der Waals surface area contributed by atoms with Crippen LogP contribution in [-0.2, 0) is 0 Å². The minimum absolute atomic E-state index is 0.448. The lowest BCUT2D eigenvalue weighted by Gasteiger charge is -2.24. The van der Waals surface area contributed by atoms with Gasteiger partial charge in [-0.2, -0.15) is 0 Å². The van der Waals surface area contributed by atoms with Gasteiger partial charge in [-0.3, -0.25) is 0 Å². The lowest BCUT2D eigenvalue weighted by atomic mass is 9.95. The second-order valence-electron chi connectivity index (χ2n) is 5.02. The summed E-state index contributed by atoms with van der Waals surface area (Å²) in [5.74, 6) is 1.20. The second-order valence-corrected chi connectivity index (χ2v) is 5.02. The molecule has 0 radical (unpaired) electrons. The van der Waals surface area contributed by atoms with Gasteiger partial charge in [-0.05, 0) is 36.9 Å². The van der Waals surface area contributed by atoms with E-state index in [1.54, 1.807) is 0 Å². The average Bonchev–Trinajstić information content (AvgIpc) is 2.35. The quantitative estimate of drug-likeness (QED) is 0.761. The number of nitrogens with one attached hydrogen (secondary N) is 1. The lowest BCUT2D eigenvalue weighted by molar-refractivity contribution is 0.348. The number of hydrogen-bond donors (Lipinski definition) is 2. The van der Waals surface area contributed by atoms with Crippen LogP contribution in [0, 0.1) is 11.8 Å². The summed E-state index contributed by atoms with van der Waals surface area (Å²) in [4.78, 5) is 0. The molecule has 1 aromatic carbocycles. The van der Waals surface area contributed by atoms with Gasteiger partial charge in [-0.1, -0.05) is 51.1 Å². The first kappa shape index (κ1) is 14.2. The summed E-state index contributed by atoms with van der Waals surface area (Å²) in [5, 5.41) is 3.64. The van der Waals surface area contributed by atoms with Gasteiger partial charge in [0.1, 0.15) is 0 Å². The minimum Gasteiger partial charge on any atom is -0.330 e. The summed E-state index contributed by atoms with van der Waals surface area (Å²) >= 11 is 0. The molecule has 0 aromatic heterocycles. The molecule has 2 nitrogen and oxygen atoms in total. The Hall–Kier alpha value is -0.860. The molecule has 17 heavy (non-hydrogen) atoms. The van der Waals surface area contributed by atoms with Crippen LogP contribution in [0.4, 0.5) is 0 Å². The largest absolute Gasteiger partial charge is 0.330 e. The molecule has 96 valence electrons. The molecule has 0 fully saturated rings. The van der Waals surface area contributed by atoms with Crippen molar-refractivity contribution < 1.29 is 0 Å². The van der Waals surface area contributed by atoms with E-state index in [0.717, 1.165) is 19.5 Å². The number of nitrogens with two attached hydrogens (primary N) is 1. The highest BCUT2D eigenvalue weighted by Gasteiger charge is 2.14. The van der Waals surface area contributed by atoms with E-state index in [4.69, 9.17) is 5.73 Å². The standard InChI is InChI=1S/C15H26N2/c1-4-15(13-8-6-5-7-9-13)17-11-14(10-16)12(2)3/h5-9,12,14-15,17H,4,10-11,16H2,1-3H3. The molecule has 0 bridgehead atoms. The van der Waals surface area contributed by atoms with Gasteiger partial charge in [0, 0.05) is 6.04 Å². The van der Waals surface area contributed by atoms with Gasteiger partial charge < -0.3 is 11.1 Å². The SMILES string of the molecule is CCC(NCC(CN)C(C)C)c1ccccc1. The van der Waals surface area contributed by atoms with E-state index >= 15 is 0 Å². The van der Waals surface area contributed by atoms with Crippen molar-refractivity contribution in [3.05, 3.63) is 35.9 Å². The van der Waals surface area contributed by atoms with E-state index in [-0.39, 0.29) is 0 Å². The van der Waals surface area contributed by atoms with E-state index in [1.807, 2.05) is 0 Å². The third-order valence-electron chi connectivity index (χ3n) is 3.48. The summed E-state index contributed by atoms with van der Waals surface area (Å²) in [6.45, 7) is 8.46. The van der Waals surface area contributed by atoms with Gasteiger partial charge in [0.25, 0.3) is 0 Å². The highest BCUT2D eigenvalue weighted by atomic mass is 14.9. The Bertz CT molecular complexity index is 295. The first-order valence-corrected chi connectivity index (χ1v) is 6.67. The summed E-state index contributed by atoms with van der Waals surface area (Å²) in [7, 11) is 0. The van der Waals surface area contributed by atoms with Crippen molar-refractivity contribution in [2.75, 3.05) is 13.1 Å². The Morgan fingerprint density at radius 1 is 1.18 bits per heavy atom. The van der Waals surface area contributed by atoms with Gasteiger partial charge >= 0.3 is 0 Å². The number of benzene rings is 1. The second kappa shape index (κ2) is 7.46. The molecule has 2 heteroatoms. The lowest BCUT2D eigenvalue weighted by Crippen LogP contribution is -2.33. The Balaban J connectivity index is 2.53. The van der Waals surface area contributed by atoms with Crippen molar-refractivity contribution in [1.29, 1.82) is 0 Å². The number of rotatable bonds is 7. The summed E-state index contributed by atoms with van der Waals surface area (Å²) in [6, 6.07) is 11.1. The molecule has 0 saturated heterocycles. The monoisotopic (exact) mass is 234 g/mol. The molecule has 2 unspecified atom stereocenters. The summed E-state index contributed by atoms with van der Waals surface area (Å²) in [6.07, 6.45) is 1.11. The Morgan fingerprint density at radius 3 is 2.29 bits per heavy atom. The molecule has 1 aromatic rings. The third kappa shape index (κ3) is 4.49. The Labute approximate surface area is 106 Å². The Kier molecular flexibility index (Phi) is 6.23. The van der Waals surface area contributed by atoms with Crippen LogP contribution in [0.3, 0.4) is 0 Å². The normalized spacial score (nSPS) is 14.9. The van der Waals surface area contributed by atoms with Crippen LogP contribution in [0.5, 0.6) is 0 Å². The highest BCUT2D eigenvalue weighted by Crippen LogP contribution is 2.17. The van der Waals surface area contributed by atoms with Crippen molar-refractivity contribution >= 4 is 0 Å². The minimum atomic E-state index is 0.448. The summed E-state index contributed by atoms with van der Waals surface area (Å²) in [5.41, 5.74) is 7.17. The topological polar surface area (TPSA) is 38.0 Å². The molecule has 2 atom stereocenters. The third-order valence-corrected chi connectivity index (χ3v) is 3.48. The van der Waals surface area contributed by atoms with Gasteiger partial charge in [-0.25, -0.2) is 0 Å². The molecular formula is C15H26N2. The van der Waals surface area contributed by atoms with Crippen molar-refractivity contribution in [2.24, 2.45) is 17.6 Å². The van der Waals surface area contributed by atoms with Crippen molar-refractivity contribution in [1.82, 2.24) is 5.32 Å². The van der Waals surface area contributed by atoms with Gasteiger partial charge in [0.15, 0.2) is 0 Å². The Morgan fingerprint density at radius 2 is 1.82 bits per heavy atom. The maximum absolute atomic E-state index is 5.80. The summed E-state index contributed by atoms with van der Waals surface area (Å²) < 4.78 is 0. The molecule has 0 saturated carbocycles. The zero-order valence-corrected chi connectivity index (χ0v) is 11.3. The molecule has 0 spiro atoms. The molecule has 0 aliphatic heterocycles. The van der Waals surface area contributed by atoms with E-state index in [2.05, 4.69) is 56.4 Å². The van der Waals surface area contributed by atoms with Crippen LogP contribution in [0.2, 0.25) is 0 Å². The fourth-order valence-electron chi connectivity index (χ4n) is 2.07. The molecule has 0 aliphatic carbocycles. The maximum atomic E-state index is 5.80. The van der Waals surface area contributed by atoms with Crippen LogP contribution >= 0.6 is 0 Å². The van der Waals surface area contributed by atoms with Crippen molar-refractivity contribution in [2.45, 2.75) is 33.2 Å². The van der Waals surface area contributed by atoms with Crippen LogP contribution < -0.4 is 11.1 Å². The van der Waals surface area contributed by atoms with E-state index in [0.29, 0.717) is 17.9 Å². The van der Waals surface area contributed by atoms with Crippen LogP contribution in [-0.4, -0.2) is 13.1 Å². The predicted octanol–water partition coefficient (Wildman–Crippen LogP) is 2.96. The van der Waals surface area contributed by atoms with E-state index in [1.165, 1.54) is 5.56 Å². The van der Waals surface area contributed by atoms with Gasteiger partial charge in [0.05, 0.1) is 0 Å². The van der Waals surface area contributed by atoms with E-state index in [9.17, 15) is 0 Å². The van der Waals surface area contributed by atoms with Crippen molar-refractivity contribution in [3.8, 4) is 0 Å². The molecular weight excluding hydrogens is 208 g/mol. The molecule has 0 aliphatic rings. The molecule has 3 N–H and O–H groups in total. The first-order valence-electron chi connectivity index (χ1n) is 6.67. The highest BCUT2D eigenvalue weighted by molar-refractivity contribution is 5.18. The van der Waals surface area contributed by atoms with Crippen LogP contribution in [0.25, 0.3) is 0 Å². The average molecular weight is 234 g/mol. The fraction of sp³-hybridized carbons (Fsp3) is 0.600. The number of hydrogen-bond acceptors (Lipinski definition) is 2. The van der Waals surface area contributed by atoms with E-state index < -0.39 is 0 Å². The first-order chi connectivity index (χ1) is 8.19. The maximum Gasteiger partial charge on any atom is 0.0317 e. The fourth-order valence-corrected chi connectivity index (χ4v) is 2.07. The predicted molar refractivity (Wildman–Crippen MR) is 74.9 cm³/mol. The smallest absolute Gasteiger partial charge is 0.0317 e. The van der Waals surface area contributed by atoms with Crippen LogP contribution in [0.1, 0.15) is 38.8 Å². The molecule has 0 amide bonds.